The maximum absolute atomic E-state index is 13.7. The summed E-state index contributed by atoms with van der Waals surface area (Å²) in [5.41, 5.74) is 7.29. The van der Waals surface area contributed by atoms with Crippen molar-refractivity contribution < 1.29 is 9.50 Å². The summed E-state index contributed by atoms with van der Waals surface area (Å²) in [5, 5.41) is 8.91. The number of benzene rings is 1. The van der Waals surface area contributed by atoms with E-state index in [1.54, 1.807) is 19.9 Å². The van der Waals surface area contributed by atoms with Crippen molar-refractivity contribution in [1.29, 1.82) is 0 Å². The number of aryl methyl sites for hydroxylation is 1. The van der Waals surface area contributed by atoms with Gasteiger partial charge in [-0.2, -0.15) is 0 Å². The monoisotopic (exact) mass is 261 g/mol. The van der Waals surface area contributed by atoms with Gasteiger partial charge in [0.2, 0.25) is 0 Å². The van der Waals surface area contributed by atoms with Crippen molar-refractivity contribution in [2.45, 2.75) is 19.9 Å². The molecule has 0 amide bonds. The van der Waals surface area contributed by atoms with Gasteiger partial charge in [0, 0.05) is 10.0 Å². The van der Waals surface area contributed by atoms with E-state index in [-0.39, 0.29) is 12.4 Å². The molecule has 0 radical (unpaired) electrons. The topological polar surface area (TPSA) is 46.2 Å². The predicted octanol–water partition coefficient (Wildman–Crippen LogP) is 2.20. The molecule has 0 spiro atoms. The molecule has 3 N–H and O–H groups in total. The maximum atomic E-state index is 13.7. The molecule has 0 saturated carbocycles. The first-order valence-corrected chi connectivity index (χ1v) is 5.09. The van der Waals surface area contributed by atoms with Crippen LogP contribution in [0.1, 0.15) is 22.7 Å². The van der Waals surface area contributed by atoms with Crippen LogP contribution >= 0.6 is 15.9 Å². The van der Waals surface area contributed by atoms with Gasteiger partial charge in [0.25, 0.3) is 0 Å². The van der Waals surface area contributed by atoms with Crippen molar-refractivity contribution in [1.82, 2.24) is 0 Å². The second-order valence-electron chi connectivity index (χ2n) is 3.32. The van der Waals surface area contributed by atoms with Crippen LogP contribution in [0, 0.1) is 19.7 Å². The van der Waals surface area contributed by atoms with E-state index in [1.165, 1.54) is 0 Å². The van der Waals surface area contributed by atoms with Gasteiger partial charge in [-0.25, -0.2) is 4.39 Å². The van der Waals surface area contributed by atoms with Crippen molar-refractivity contribution in [3.8, 4) is 0 Å². The maximum Gasteiger partial charge on any atom is 0.131 e. The van der Waals surface area contributed by atoms with Gasteiger partial charge in [0.15, 0.2) is 0 Å². The Balaban J connectivity index is 3.39. The summed E-state index contributed by atoms with van der Waals surface area (Å²) >= 11 is 3.32. The Kier molecular flexibility index (Phi) is 3.64. The Bertz CT molecular complexity index is 328. The molecule has 0 aliphatic heterocycles. The highest BCUT2D eigenvalue weighted by Gasteiger charge is 2.17. The molecule has 4 heteroatoms. The molecule has 0 heterocycles. The van der Waals surface area contributed by atoms with E-state index in [4.69, 9.17) is 10.8 Å². The highest BCUT2D eigenvalue weighted by molar-refractivity contribution is 9.10. The van der Waals surface area contributed by atoms with Crippen LogP contribution in [0.3, 0.4) is 0 Å². The molecule has 1 atom stereocenters. The van der Waals surface area contributed by atoms with Crippen LogP contribution in [-0.2, 0) is 0 Å². The summed E-state index contributed by atoms with van der Waals surface area (Å²) in [4.78, 5) is 0. The average molecular weight is 262 g/mol. The standard InChI is InChI=1S/C10H13BrFNO/c1-5-3-7(11)6(2)9(10(5)12)8(13)4-14/h3,8,14H,4,13H2,1-2H3. The first kappa shape index (κ1) is 11.6. The lowest BCUT2D eigenvalue weighted by Gasteiger charge is -2.16. The lowest BCUT2D eigenvalue weighted by molar-refractivity contribution is 0.264. The molecule has 1 unspecified atom stereocenters. The third kappa shape index (κ3) is 1.97. The highest BCUT2D eigenvalue weighted by Crippen LogP contribution is 2.28. The van der Waals surface area contributed by atoms with E-state index in [1.807, 2.05) is 0 Å². The third-order valence-corrected chi connectivity index (χ3v) is 3.08. The lowest BCUT2D eigenvalue weighted by atomic mass is 9.99. The summed E-state index contributed by atoms with van der Waals surface area (Å²) in [6.45, 7) is 3.19. The van der Waals surface area contributed by atoms with Crippen LogP contribution < -0.4 is 5.73 Å². The number of aliphatic hydroxyl groups is 1. The minimum atomic E-state index is -0.661. The molecule has 0 bridgehead atoms. The molecule has 0 aliphatic rings. The number of aliphatic hydroxyl groups excluding tert-OH is 1. The largest absolute Gasteiger partial charge is 0.394 e. The SMILES string of the molecule is Cc1cc(Br)c(C)c(C(N)CO)c1F. The zero-order valence-corrected chi connectivity index (χ0v) is 9.73. The molecule has 0 saturated heterocycles. The average Bonchev–Trinajstić information content (AvgIpc) is 2.15. The van der Waals surface area contributed by atoms with Crippen LogP contribution in [-0.4, -0.2) is 11.7 Å². The summed E-state index contributed by atoms with van der Waals surface area (Å²) in [5.74, 6) is -0.327. The van der Waals surface area contributed by atoms with Gasteiger partial charge in [0.1, 0.15) is 5.82 Å². The Labute approximate surface area is 91.1 Å². The van der Waals surface area contributed by atoms with Crippen molar-refractivity contribution in [3.05, 3.63) is 33.0 Å². The van der Waals surface area contributed by atoms with E-state index in [0.29, 0.717) is 11.1 Å². The van der Waals surface area contributed by atoms with Crippen LogP contribution in [0.25, 0.3) is 0 Å². The number of halogens is 2. The van der Waals surface area contributed by atoms with Crippen LogP contribution in [0.4, 0.5) is 4.39 Å². The molecule has 14 heavy (non-hydrogen) atoms. The smallest absolute Gasteiger partial charge is 0.131 e. The molecule has 1 aromatic carbocycles. The second-order valence-corrected chi connectivity index (χ2v) is 4.17. The predicted molar refractivity (Wildman–Crippen MR) is 57.6 cm³/mol. The molecular weight excluding hydrogens is 249 g/mol. The van der Waals surface area contributed by atoms with E-state index in [2.05, 4.69) is 15.9 Å². The van der Waals surface area contributed by atoms with Gasteiger partial charge >= 0.3 is 0 Å². The number of rotatable bonds is 2. The van der Waals surface area contributed by atoms with E-state index >= 15 is 0 Å². The Morgan fingerprint density at radius 2 is 2.14 bits per heavy atom. The zero-order valence-electron chi connectivity index (χ0n) is 8.14. The molecule has 1 aromatic rings. The molecule has 0 fully saturated rings. The van der Waals surface area contributed by atoms with Gasteiger partial charge in [-0.1, -0.05) is 15.9 Å². The molecular formula is C10H13BrFNO. The molecule has 1 rings (SSSR count). The van der Waals surface area contributed by atoms with Crippen molar-refractivity contribution in [2.24, 2.45) is 5.73 Å². The fourth-order valence-electron chi connectivity index (χ4n) is 1.40. The van der Waals surface area contributed by atoms with Crippen LogP contribution in [0.15, 0.2) is 10.5 Å². The summed E-state index contributed by atoms with van der Waals surface area (Å²) < 4.78 is 14.5. The van der Waals surface area contributed by atoms with Crippen LogP contribution in [0.5, 0.6) is 0 Å². The van der Waals surface area contributed by atoms with Gasteiger partial charge in [0.05, 0.1) is 12.6 Å². The fourth-order valence-corrected chi connectivity index (χ4v) is 1.96. The van der Waals surface area contributed by atoms with Crippen molar-refractivity contribution in [2.75, 3.05) is 6.61 Å². The highest BCUT2D eigenvalue weighted by atomic mass is 79.9. The van der Waals surface area contributed by atoms with Gasteiger partial charge in [-0.05, 0) is 31.0 Å². The van der Waals surface area contributed by atoms with Crippen LogP contribution in [0.2, 0.25) is 0 Å². The zero-order chi connectivity index (χ0) is 10.9. The summed E-state index contributed by atoms with van der Waals surface area (Å²) in [6, 6.07) is 1.05. The minimum absolute atomic E-state index is 0.256. The first-order valence-electron chi connectivity index (χ1n) is 4.30. The molecule has 0 aliphatic carbocycles. The Hall–Kier alpha value is -0.450. The van der Waals surface area contributed by atoms with Crippen molar-refractivity contribution >= 4 is 15.9 Å². The van der Waals surface area contributed by atoms with Crippen molar-refractivity contribution in [3.63, 3.8) is 0 Å². The number of hydrogen-bond donors (Lipinski definition) is 2. The lowest BCUT2D eigenvalue weighted by Crippen LogP contribution is -2.18. The second kappa shape index (κ2) is 4.38. The quantitative estimate of drug-likeness (QED) is 0.858. The minimum Gasteiger partial charge on any atom is -0.394 e. The number of nitrogens with two attached hydrogens (primary N) is 1. The Morgan fingerprint density at radius 1 is 1.57 bits per heavy atom. The normalized spacial score (nSPS) is 13.0. The number of hydrogen-bond acceptors (Lipinski definition) is 2. The van der Waals surface area contributed by atoms with E-state index in [0.717, 1.165) is 10.0 Å². The third-order valence-electron chi connectivity index (χ3n) is 2.26. The van der Waals surface area contributed by atoms with Gasteiger partial charge in [-0.3, -0.25) is 0 Å². The molecule has 0 aromatic heterocycles. The fraction of sp³-hybridized carbons (Fsp3) is 0.400. The van der Waals surface area contributed by atoms with Gasteiger partial charge < -0.3 is 10.8 Å². The summed E-state index contributed by atoms with van der Waals surface area (Å²) in [7, 11) is 0. The molecule has 2 nitrogen and oxygen atoms in total. The first-order chi connectivity index (χ1) is 6.49. The summed E-state index contributed by atoms with van der Waals surface area (Å²) in [6.07, 6.45) is 0. The van der Waals surface area contributed by atoms with E-state index < -0.39 is 6.04 Å². The van der Waals surface area contributed by atoms with E-state index in [9.17, 15) is 4.39 Å². The van der Waals surface area contributed by atoms with Gasteiger partial charge in [-0.15, -0.1) is 0 Å². The molecule has 78 valence electrons. The Morgan fingerprint density at radius 3 is 2.64 bits per heavy atom.